The van der Waals surface area contributed by atoms with Gasteiger partial charge in [0, 0.05) is 25.9 Å². The topological polar surface area (TPSA) is 59.2 Å². The third kappa shape index (κ3) is 2.26. The van der Waals surface area contributed by atoms with E-state index >= 15 is 0 Å². The number of amides is 1. The fourth-order valence-electron chi connectivity index (χ4n) is 0.895. The minimum Gasteiger partial charge on any atom is -0.389 e. The van der Waals surface area contributed by atoms with Crippen molar-refractivity contribution >= 4 is 23.1 Å². The smallest absolute Gasteiger partial charge is 0.271 e. The maximum Gasteiger partial charge on any atom is 0.271 e. The molecule has 5 heteroatoms. The minimum absolute atomic E-state index is 0.139. The van der Waals surface area contributed by atoms with Crippen LogP contribution in [0.15, 0.2) is 18.3 Å². The van der Waals surface area contributed by atoms with Gasteiger partial charge in [-0.15, -0.1) is 0 Å². The average molecular weight is 209 g/mol. The molecule has 0 spiro atoms. The highest BCUT2D eigenvalue weighted by Crippen LogP contribution is 2.02. The van der Waals surface area contributed by atoms with Crippen LogP contribution in [0.4, 0.5) is 0 Å². The summed E-state index contributed by atoms with van der Waals surface area (Å²) in [7, 11) is 3.34. The van der Waals surface area contributed by atoms with Gasteiger partial charge in [-0.2, -0.15) is 0 Å². The maximum atomic E-state index is 11.4. The Bertz CT molecular complexity index is 359. The number of hydrogen-bond donors (Lipinski definition) is 1. The van der Waals surface area contributed by atoms with Gasteiger partial charge in [-0.1, -0.05) is 12.2 Å². The molecule has 0 aliphatic heterocycles. The summed E-state index contributed by atoms with van der Waals surface area (Å²) in [5.41, 5.74) is 6.44. The second kappa shape index (κ2) is 4.15. The van der Waals surface area contributed by atoms with Gasteiger partial charge in [0.05, 0.1) is 0 Å². The number of aromatic nitrogens is 1. The Kier molecular flexibility index (Phi) is 3.14. The van der Waals surface area contributed by atoms with Gasteiger partial charge >= 0.3 is 0 Å². The third-order valence-electron chi connectivity index (χ3n) is 1.67. The lowest BCUT2D eigenvalue weighted by atomic mass is 10.2. The van der Waals surface area contributed by atoms with Gasteiger partial charge in [-0.25, -0.2) is 0 Å². The number of hydrogen-bond acceptors (Lipinski definition) is 3. The van der Waals surface area contributed by atoms with E-state index in [9.17, 15) is 4.79 Å². The first-order valence-electron chi connectivity index (χ1n) is 4.00. The van der Waals surface area contributed by atoms with Gasteiger partial charge in [0.25, 0.3) is 5.91 Å². The molecule has 2 N–H and O–H groups in total. The number of carbonyl (C=O) groups is 1. The summed E-state index contributed by atoms with van der Waals surface area (Å²) in [6.45, 7) is 0. The number of thiocarbonyl (C=S) groups is 1. The summed E-state index contributed by atoms with van der Waals surface area (Å²) in [5.74, 6) is -0.139. The molecule has 14 heavy (non-hydrogen) atoms. The molecule has 0 aromatic carbocycles. The molecule has 0 bridgehead atoms. The van der Waals surface area contributed by atoms with Gasteiger partial charge in [-0.3, -0.25) is 9.78 Å². The van der Waals surface area contributed by atoms with E-state index in [-0.39, 0.29) is 10.9 Å². The number of rotatable bonds is 2. The number of nitrogens with zero attached hydrogens (tertiary/aromatic N) is 2. The van der Waals surface area contributed by atoms with Crippen molar-refractivity contribution in [3.63, 3.8) is 0 Å². The first-order chi connectivity index (χ1) is 6.52. The quantitative estimate of drug-likeness (QED) is 0.717. The zero-order valence-corrected chi connectivity index (χ0v) is 8.84. The molecule has 1 aromatic rings. The zero-order chi connectivity index (χ0) is 10.7. The molecule has 1 amide bonds. The third-order valence-corrected chi connectivity index (χ3v) is 1.91. The first kappa shape index (κ1) is 10.6. The highest BCUT2D eigenvalue weighted by Gasteiger charge is 2.08. The molecule has 0 aliphatic rings. The largest absolute Gasteiger partial charge is 0.389 e. The van der Waals surface area contributed by atoms with Gasteiger partial charge < -0.3 is 10.6 Å². The lowest BCUT2D eigenvalue weighted by Gasteiger charge is -2.09. The van der Waals surface area contributed by atoms with Crippen LogP contribution in [0.25, 0.3) is 0 Å². The highest BCUT2D eigenvalue weighted by atomic mass is 32.1. The van der Waals surface area contributed by atoms with Crippen molar-refractivity contribution in [3.05, 3.63) is 29.6 Å². The lowest BCUT2D eigenvalue weighted by molar-refractivity contribution is 0.0822. The number of carbonyl (C=O) groups excluding carboxylic acids is 1. The predicted octanol–water partition coefficient (Wildman–Crippen LogP) is 0.418. The Morgan fingerprint density at radius 2 is 2.14 bits per heavy atom. The summed E-state index contributed by atoms with van der Waals surface area (Å²) in [4.78, 5) is 17.1. The summed E-state index contributed by atoms with van der Waals surface area (Å²) in [6, 6.07) is 3.29. The van der Waals surface area contributed by atoms with Crippen LogP contribution in [0.2, 0.25) is 0 Å². The second-order valence-electron chi connectivity index (χ2n) is 3.00. The van der Waals surface area contributed by atoms with Crippen LogP contribution in [-0.2, 0) is 0 Å². The van der Waals surface area contributed by atoms with Crippen molar-refractivity contribution in [2.24, 2.45) is 5.73 Å². The molecule has 0 saturated carbocycles. The van der Waals surface area contributed by atoms with Gasteiger partial charge in [-0.05, 0) is 12.1 Å². The molecule has 1 heterocycles. The zero-order valence-electron chi connectivity index (χ0n) is 8.02. The van der Waals surface area contributed by atoms with Gasteiger partial charge in [0.1, 0.15) is 10.7 Å². The molecular formula is C9H11N3OS. The van der Waals surface area contributed by atoms with E-state index in [2.05, 4.69) is 4.98 Å². The van der Waals surface area contributed by atoms with Crippen molar-refractivity contribution in [1.29, 1.82) is 0 Å². The van der Waals surface area contributed by atoms with Crippen LogP contribution in [0.3, 0.4) is 0 Å². The molecule has 4 nitrogen and oxygen atoms in total. The fraction of sp³-hybridized carbons (Fsp3) is 0.222. The Morgan fingerprint density at radius 3 is 2.50 bits per heavy atom. The van der Waals surface area contributed by atoms with Crippen molar-refractivity contribution < 1.29 is 4.79 Å². The summed E-state index contributed by atoms with van der Waals surface area (Å²) < 4.78 is 0. The predicted molar refractivity (Wildman–Crippen MR) is 58.1 cm³/mol. The molecule has 0 atom stereocenters. The van der Waals surface area contributed by atoms with E-state index in [1.165, 1.54) is 11.1 Å². The molecular weight excluding hydrogens is 198 g/mol. The van der Waals surface area contributed by atoms with Crippen LogP contribution in [0, 0.1) is 0 Å². The molecule has 0 fully saturated rings. The first-order valence-corrected chi connectivity index (χ1v) is 4.40. The standard InChI is InChI=1S/C9H11N3OS/c1-12(2)9(13)7-4-3-6(5-11-7)8(10)14/h3-5H,1-2H3,(H2,10,14). The van der Waals surface area contributed by atoms with Crippen LogP contribution >= 0.6 is 12.2 Å². The molecule has 0 saturated heterocycles. The molecule has 1 rings (SSSR count). The van der Waals surface area contributed by atoms with E-state index < -0.39 is 0 Å². The van der Waals surface area contributed by atoms with Crippen LogP contribution in [0.5, 0.6) is 0 Å². The Morgan fingerprint density at radius 1 is 1.50 bits per heavy atom. The normalized spacial score (nSPS) is 9.57. The highest BCUT2D eigenvalue weighted by molar-refractivity contribution is 7.80. The molecule has 1 aromatic heterocycles. The van der Waals surface area contributed by atoms with Gasteiger partial charge in [0.15, 0.2) is 0 Å². The van der Waals surface area contributed by atoms with Crippen molar-refractivity contribution in [2.45, 2.75) is 0 Å². The monoisotopic (exact) mass is 209 g/mol. The Balaban J connectivity index is 2.94. The van der Waals surface area contributed by atoms with Crippen LogP contribution in [-0.4, -0.2) is 34.9 Å². The lowest BCUT2D eigenvalue weighted by Crippen LogP contribution is -2.23. The minimum atomic E-state index is -0.139. The van der Waals surface area contributed by atoms with E-state index in [0.717, 1.165) is 0 Å². The molecule has 0 radical (unpaired) electrons. The van der Waals surface area contributed by atoms with Gasteiger partial charge in [0.2, 0.25) is 0 Å². The average Bonchev–Trinajstić information content (AvgIpc) is 2.16. The Labute approximate surface area is 87.7 Å². The number of pyridine rings is 1. The van der Waals surface area contributed by atoms with Crippen LogP contribution in [0.1, 0.15) is 16.1 Å². The Hall–Kier alpha value is -1.49. The van der Waals surface area contributed by atoms with Crippen molar-refractivity contribution in [1.82, 2.24) is 9.88 Å². The second-order valence-corrected chi connectivity index (χ2v) is 3.44. The van der Waals surface area contributed by atoms with E-state index in [1.54, 1.807) is 26.2 Å². The SMILES string of the molecule is CN(C)C(=O)c1ccc(C(N)=S)cn1. The van der Waals surface area contributed by atoms with Crippen molar-refractivity contribution in [3.8, 4) is 0 Å². The number of nitrogens with two attached hydrogens (primary N) is 1. The summed E-state index contributed by atoms with van der Waals surface area (Å²) in [6.07, 6.45) is 1.50. The van der Waals surface area contributed by atoms with Crippen molar-refractivity contribution in [2.75, 3.05) is 14.1 Å². The van der Waals surface area contributed by atoms with E-state index in [1.807, 2.05) is 0 Å². The molecule has 0 unspecified atom stereocenters. The van der Waals surface area contributed by atoms with E-state index in [0.29, 0.717) is 11.3 Å². The van der Waals surface area contributed by atoms with Crippen LogP contribution < -0.4 is 5.73 Å². The summed E-state index contributed by atoms with van der Waals surface area (Å²) in [5, 5.41) is 0. The fourth-order valence-corrected chi connectivity index (χ4v) is 1.02. The molecule has 74 valence electrons. The van der Waals surface area contributed by atoms with E-state index in [4.69, 9.17) is 18.0 Å². The molecule has 0 aliphatic carbocycles. The maximum absolute atomic E-state index is 11.4. The summed E-state index contributed by atoms with van der Waals surface area (Å²) >= 11 is 4.77.